The molecule has 9 heteroatoms. The van der Waals surface area contributed by atoms with Gasteiger partial charge in [0.2, 0.25) is 0 Å². The highest BCUT2D eigenvalue weighted by molar-refractivity contribution is 5.72. The second-order valence-electron chi connectivity index (χ2n) is 9.36. The van der Waals surface area contributed by atoms with Crippen molar-refractivity contribution in [2.45, 2.75) is 19.4 Å². The third-order valence-electron chi connectivity index (χ3n) is 6.93. The Labute approximate surface area is 221 Å². The van der Waals surface area contributed by atoms with Gasteiger partial charge in [0, 0.05) is 26.7 Å². The molecule has 0 bridgehead atoms. The van der Waals surface area contributed by atoms with Gasteiger partial charge in [0.25, 0.3) is 0 Å². The number of benzene rings is 2. The monoisotopic (exact) mass is 521 g/mol. The van der Waals surface area contributed by atoms with Crippen LogP contribution in [0.4, 0.5) is 8.78 Å². The van der Waals surface area contributed by atoms with Crippen molar-refractivity contribution in [2.75, 3.05) is 53.1 Å². The summed E-state index contributed by atoms with van der Waals surface area (Å²) < 4.78 is 43.4. The van der Waals surface area contributed by atoms with Crippen LogP contribution in [-0.2, 0) is 16.0 Å². The van der Waals surface area contributed by atoms with Crippen molar-refractivity contribution in [3.63, 3.8) is 0 Å². The zero-order chi connectivity index (χ0) is 26.3. The van der Waals surface area contributed by atoms with Crippen molar-refractivity contribution in [1.29, 1.82) is 0 Å². The first-order chi connectivity index (χ1) is 18.7. The van der Waals surface area contributed by atoms with E-state index in [2.05, 4.69) is 33.0 Å². The summed E-state index contributed by atoms with van der Waals surface area (Å²) in [6.07, 6.45) is 5.87. The maximum absolute atomic E-state index is 15.5. The molecule has 0 radical (unpaired) electrons. The zero-order valence-electron chi connectivity index (χ0n) is 21.6. The van der Waals surface area contributed by atoms with Crippen molar-refractivity contribution in [2.24, 2.45) is 0 Å². The van der Waals surface area contributed by atoms with Gasteiger partial charge >= 0.3 is 0 Å². The number of nitrogens with zero attached hydrogens (tertiary/aromatic N) is 3. The first-order valence-corrected chi connectivity index (χ1v) is 13.1. The van der Waals surface area contributed by atoms with Gasteiger partial charge in [-0.05, 0) is 72.5 Å². The van der Waals surface area contributed by atoms with Crippen molar-refractivity contribution in [3.8, 4) is 22.8 Å². The summed E-state index contributed by atoms with van der Waals surface area (Å²) in [6.45, 7) is 4.82. The van der Waals surface area contributed by atoms with Gasteiger partial charge < -0.3 is 24.7 Å². The Bertz CT molecular complexity index is 1240. The van der Waals surface area contributed by atoms with Crippen molar-refractivity contribution in [3.05, 3.63) is 71.3 Å². The first kappa shape index (κ1) is 26.4. The molecule has 7 nitrogen and oxygen atoms in total. The van der Waals surface area contributed by atoms with Crippen LogP contribution in [0.1, 0.15) is 24.0 Å². The first-order valence-electron chi connectivity index (χ1n) is 13.1. The summed E-state index contributed by atoms with van der Waals surface area (Å²) in [4.78, 5) is 0. The smallest absolute Gasteiger partial charge is 0.167 e. The van der Waals surface area contributed by atoms with Crippen LogP contribution in [0.3, 0.4) is 0 Å². The lowest BCUT2D eigenvalue weighted by molar-refractivity contribution is 0.0668. The van der Waals surface area contributed by atoms with Gasteiger partial charge in [0.1, 0.15) is 11.6 Å². The van der Waals surface area contributed by atoms with E-state index in [1.165, 1.54) is 0 Å². The molecule has 2 N–H and O–H groups in total. The van der Waals surface area contributed by atoms with Crippen LogP contribution in [0.25, 0.3) is 33.9 Å². The fourth-order valence-corrected chi connectivity index (χ4v) is 4.88. The van der Waals surface area contributed by atoms with E-state index >= 15 is 8.78 Å². The van der Waals surface area contributed by atoms with E-state index in [9.17, 15) is 0 Å². The van der Waals surface area contributed by atoms with E-state index in [1.807, 2.05) is 12.1 Å². The molecule has 0 amide bonds. The minimum absolute atomic E-state index is 0.316. The minimum Gasteiger partial charge on any atom is -0.382 e. The van der Waals surface area contributed by atoms with Gasteiger partial charge in [-0.1, -0.05) is 24.3 Å². The fraction of sp³-hybridized carbons (Fsp3) is 0.379. The standard InChI is InChI=1S/C29H33F2N5O2/c1-37-16-17-38-15-14-36-28(24-4-2-22(18-26(24)30)20-6-10-32-11-7-20)34-35-29(36)25-5-3-23(19-27(25)31)21-8-12-33-13-9-21/h2-6,8,18-19,32-33H,7,9-17H2,1H3. The number of rotatable bonds is 10. The van der Waals surface area contributed by atoms with E-state index in [-0.39, 0.29) is 0 Å². The molecule has 1 aromatic heterocycles. The van der Waals surface area contributed by atoms with Crippen LogP contribution in [0.2, 0.25) is 0 Å². The van der Waals surface area contributed by atoms with Gasteiger partial charge in [0.05, 0.1) is 30.9 Å². The maximum Gasteiger partial charge on any atom is 0.167 e. The van der Waals surface area contributed by atoms with E-state index in [0.29, 0.717) is 49.1 Å². The Morgan fingerprint density at radius 1 is 0.789 bits per heavy atom. The lowest BCUT2D eigenvalue weighted by Gasteiger charge is -2.16. The second kappa shape index (κ2) is 12.5. The van der Waals surface area contributed by atoms with Crippen LogP contribution in [0.15, 0.2) is 48.6 Å². The topological polar surface area (TPSA) is 73.2 Å². The lowest BCUT2D eigenvalue weighted by Crippen LogP contribution is -2.20. The number of ether oxygens (including phenoxy) is 2. The molecule has 0 aliphatic carbocycles. The van der Waals surface area contributed by atoms with Crippen molar-refractivity contribution in [1.82, 2.24) is 25.4 Å². The molecule has 3 heterocycles. The highest BCUT2D eigenvalue weighted by Crippen LogP contribution is 2.32. The van der Waals surface area contributed by atoms with Crippen LogP contribution in [0, 0.1) is 11.6 Å². The van der Waals surface area contributed by atoms with Crippen LogP contribution in [0.5, 0.6) is 0 Å². The van der Waals surface area contributed by atoms with Gasteiger partial charge in [-0.25, -0.2) is 8.78 Å². The molecular formula is C29H33F2N5O2. The average Bonchev–Trinajstić information content (AvgIpc) is 3.37. The predicted octanol–water partition coefficient (Wildman–Crippen LogP) is 4.31. The van der Waals surface area contributed by atoms with E-state index < -0.39 is 11.6 Å². The summed E-state index contributed by atoms with van der Waals surface area (Å²) in [5, 5.41) is 15.2. The Morgan fingerprint density at radius 2 is 1.34 bits per heavy atom. The molecule has 38 heavy (non-hydrogen) atoms. The average molecular weight is 522 g/mol. The van der Waals surface area contributed by atoms with Crippen molar-refractivity contribution >= 4 is 11.1 Å². The SMILES string of the molecule is COCCOCCn1c(-c2ccc(C3=CCNCC3)cc2F)nnc1-c1ccc(C2=CCNCC2)cc1F. The quantitative estimate of drug-likeness (QED) is 0.388. The summed E-state index contributed by atoms with van der Waals surface area (Å²) in [7, 11) is 1.61. The summed E-state index contributed by atoms with van der Waals surface area (Å²) in [6, 6.07) is 10.4. The van der Waals surface area contributed by atoms with Crippen LogP contribution in [-0.4, -0.2) is 67.9 Å². The minimum atomic E-state index is -0.393. The molecule has 0 spiro atoms. The summed E-state index contributed by atoms with van der Waals surface area (Å²) in [5.41, 5.74) is 4.58. The number of aromatic nitrogens is 3. The molecule has 3 aromatic rings. The normalized spacial score (nSPS) is 15.9. The molecule has 0 saturated carbocycles. The van der Waals surface area contributed by atoms with E-state index in [4.69, 9.17) is 9.47 Å². The molecule has 200 valence electrons. The van der Waals surface area contributed by atoms with Crippen molar-refractivity contribution < 1.29 is 18.3 Å². The predicted molar refractivity (Wildman–Crippen MR) is 144 cm³/mol. The number of halogens is 2. The maximum atomic E-state index is 15.5. The Kier molecular flexibility index (Phi) is 8.70. The molecule has 0 atom stereocenters. The third kappa shape index (κ3) is 5.91. The van der Waals surface area contributed by atoms with Gasteiger partial charge in [-0.15, -0.1) is 10.2 Å². The number of hydrogen-bond acceptors (Lipinski definition) is 6. The van der Waals surface area contributed by atoms with Gasteiger partial charge in [0.15, 0.2) is 11.6 Å². The van der Waals surface area contributed by atoms with Crippen LogP contribution >= 0.6 is 0 Å². The Balaban J connectivity index is 1.48. The highest BCUT2D eigenvalue weighted by Gasteiger charge is 2.22. The number of nitrogens with one attached hydrogen (secondary N) is 2. The molecule has 2 aliphatic heterocycles. The Morgan fingerprint density at radius 3 is 1.79 bits per heavy atom. The molecule has 2 aromatic carbocycles. The fourth-order valence-electron chi connectivity index (χ4n) is 4.88. The Hall–Kier alpha value is -3.24. The molecule has 0 unspecified atom stereocenters. The lowest BCUT2D eigenvalue weighted by atomic mass is 9.98. The van der Waals surface area contributed by atoms with E-state index in [0.717, 1.165) is 61.3 Å². The molecule has 5 rings (SSSR count). The largest absolute Gasteiger partial charge is 0.382 e. The summed E-state index contributed by atoms with van der Waals surface area (Å²) in [5.74, 6) is -0.112. The van der Waals surface area contributed by atoms with Gasteiger partial charge in [-0.2, -0.15) is 0 Å². The molecule has 0 saturated heterocycles. The molecular weight excluding hydrogens is 488 g/mol. The third-order valence-corrected chi connectivity index (χ3v) is 6.93. The second-order valence-corrected chi connectivity index (χ2v) is 9.36. The van der Waals surface area contributed by atoms with Gasteiger partial charge in [-0.3, -0.25) is 0 Å². The number of methoxy groups -OCH3 is 1. The molecule has 0 fully saturated rings. The molecule has 2 aliphatic rings. The van der Waals surface area contributed by atoms with Crippen LogP contribution < -0.4 is 10.6 Å². The van der Waals surface area contributed by atoms with E-state index in [1.54, 1.807) is 35.9 Å². The zero-order valence-corrected chi connectivity index (χ0v) is 21.6. The highest BCUT2D eigenvalue weighted by atomic mass is 19.1. The summed E-state index contributed by atoms with van der Waals surface area (Å²) >= 11 is 0. The number of hydrogen-bond donors (Lipinski definition) is 2.